The minimum atomic E-state index is -1.03. The molecule has 0 spiro atoms. The van der Waals surface area contributed by atoms with E-state index >= 15 is 0 Å². The van der Waals surface area contributed by atoms with Crippen molar-refractivity contribution < 1.29 is 9.59 Å². The van der Waals surface area contributed by atoms with E-state index in [1.807, 2.05) is 60.7 Å². The molecule has 0 saturated carbocycles. The minimum Gasteiger partial charge on any atom is -0.274 e. The Balaban J connectivity index is 1.64. The summed E-state index contributed by atoms with van der Waals surface area (Å²) in [7, 11) is 0. The highest BCUT2D eigenvalue weighted by Gasteiger charge is 2.68. The van der Waals surface area contributed by atoms with Crippen molar-refractivity contribution in [3.63, 3.8) is 0 Å². The van der Waals surface area contributed by atoms with Crippen LogP contribution in [0.4, 0.5) is 5.69 Å². The quantitative estimate of drug-likeness (QED) is 0.261. The van der Waals surface area contributed by atoms with E-state index in [2.05, 4.69) is 34.7 Å². The van der Waals surface area contributed by atoms with Gasteiger partial charge in [-0.2, -0.15) is 0 Å². The summed E-state index contributed by atoms with van der Waals surface area (Å²) in [5, 5.41) is 0. The van der Waals surface area contributed by atoms with Crippen molar-refractivity contribution in [2.45, 2.75) is 10.8 Å². The summed E-state index contributed by atoms with van der Waals surface area (Å²) >= 11 is 9.59. The molecule has 2 bridgehead atoms. The van der Waals surface area contributed by atoms with Gasteiger partial charge in [-0.1, -0.05) is 60.7 Å². The minimum absolute atomic E-state index is 0.150. The Labute approximate surface area is 186 Å². The van der Waals surface area contributed by atoms with Crippen molar-refractivity contribution in [2.24, 2.45) is 11.8 Å². The van der Waals surface area contributed by atoms with E-state index in [0.717, 1.165) is 25.8 Å². The van der Waals surface area contributed by atoms with Crippen LogP contribution >= 0.6 is 34.2 Å². The van der Waals surface area contributed by atoms with E-state index in [1.54, 1.807) is 0 Å². The summed E-state index contributed by atoms with van der Waals surface area (Å²) in [5.74, 6) is -1.60. The molecule has 1 heterocycles. The van der Waals surface area contributed by atoms with Crippen LogP contribution in [0, 0.1) is 15.4 Å². The molecule has 0 N–H and O–H groups in total. The third-order valence-electron chi connectivity index (χ3n) is 6.61. The summed E-state index contributed by atoms with van der Waals surface area (Å²) in [4.78, 5) is 27.8. The van der Waals surface area contributed by atoms with Crippen LogP contribution in [0.25, 0.3) is 0 Å². The predicted molar refractivity (Wildman–Crippen MR) is 120 cm³/mol. The summed E-state index contributed by atoms with van der Waals surface area (Å²) < 4.78 is 0.872. The molecule has 0 aromatic heterocycles. The van der Waals surface area contributed by atoms with E-state index in [-0.39, 0.29) is 17.7 Å². The van der Waals surface area contributed by atoms with E-state index in [4.69, 9.17) is 11.6 Å². The highest BCUT2D eigenvalue weighted by Crippen LogP contribution is 2.65. The number of amides is 2. The van der Waals surface area contributed by atoms with Gasteiger partial charge in [-0.3, -0.25) is 9.59 Å². The number of carbonyl (C=O) groups is 2. The zero-order chi connectivity index (χ0) is 19.9. The SMILES string of the molecule is O=C1[C@@H]2C3c4ccccc4C(Cl)(c4ccccc43)[C@@H]2C(=O)N1c1ccccc1I. The number of alkyl halides is 1. The van der Waals surface area contributed by atoms with E-state index < -0.39 is 16.7 Å². The first-order valence-corrected chi connectivity index (χ1v) is 11.0. The molecule has 2 amide bonds. The molecule has 142 valence electrons. The van der Waals surface area contributed by atoms with Crippen LogP contribution in [0.5, 0.6) is 0 Å². The first kappa shape index (κ1) is 17.7. The molecule has 3 nitrogen and oxygen atoms in total. The molecule has 0 radical (unpaired) electrons. The maximum absolute atomic E-state index is 13.7. The Morgan fingerprint density at radius 2 is 1.34 bits per heavy atom. The molecule has 1 saturated heterocycles. The van der Waals surface area contributed by atoms with Crippen LogP contribution in [0.3, 0.4) is 0 Å². The highest BCUT2D eigenvalue weighted by molar-refractivity contribution is 14.1. The number of hydrogen-bond acceptors (Lipinski definition) is 2. The van der Waals surface area contributed by atoms with Gasteiger partial charge in [-0.15, -0.1) is 11.6 Å². The zero-order valence-electron chi connectivity index (χ0n) is 15.2. The van der Waals surface area contributed by atoms with Gasteiger partial charge < -0.3 is 0 Å². The number of halogens is 2. The maximum Gasteiger partial charge on any atom is 0.240 e. The van der Waals surface area contributed by atoms with Crippen molar-refractivity contribution in [3.8, 4) is 0 Å². The van der Waals surface area contributed by atoms with Crippen molar-refractivity contribution in [3.05, 3.63) is 98.6 Å². The molecule has 3 aromatic carbocycles. The molecular weight excluding hydrogens is 497 g/mol. The Bertz CT molecular complexity index is 1180. The van der Waals surface area contributed by atoms with Crippen LogP contribution in [-0.4, -0.2) is 11.8 Å². The number of hydrogen-bond donors (Lipinski definition) is 0. The second-order valence-corrected chi connectivity index (χ2v) is 9.59. The number of para-hydroxylation sites is 1. The van der Waals surface area contributed by atoms with Crippen LogP contribution in [0.2, 0.25) is 0 Å². The van der Waals surface area contributed by atoms with Gasteiger partial charge in [0.25, 0.3) is 0 Å². The first-order valence-electron chi connectivity index (χ1n) is 9.55. The van der Waals surface area contributed by atoms with Crippen molar-refractivity contribution in [1.82, 2.24) is 0 Å². The van der Waals surface area contributed by atoms with Gasteiger partial charge in [0.05, 0.1) is 17.5 Å². The van der Waals surface area contributed by atoms with Gasteiger partial charge >= 0.3 is 0 Å². The van der Waals surface area contributed by atoms with Crippen molar-refractivity contribution in [2.75, 3.05) is 4.90 Å². The fourth-order valence-electron chi connectivity index (χ4n) is 5.55. The number of benzene rings is 3. The third kappa shape index (κ3) is 2.04. The summed E-state index contributed by atoms with van der Waals surface area (Å²) in [6.07, 6.45) is 0. The largest absolute Gasteiger partial charge is 0.274 e. The van der Waals surface area contributed by atoms with Crippen molar-refractivity contribution >= 4 is 51.7 Å². The van der Waals surface area contributed by atoms with Gasteiger partial charge in [0.1, 0.15) is 4.87 Å². The number of rotatable bonds is 1. The molecule has 5 heteroatoms. The second kappa shape index (κ2) is 5.92. The molecule has 3 aliphatic carbocycles. The summed E-state index contributed by atoms with van der Waals surface area (Å²) in [5.41, 5.74) is 4.68. The Kier molecular flexibility index (Phi) is 3.61. The number of nitrogens with zero attached hydrogens (tertiary/aromatic N) is 1. The Hall–Kier alpha value is -2.18. The zero-order valence-corrected chi connectivity index (χ0v) is 18.1. The van der Waals surface area contributed by atoms with Crippen LogP contribution in [0.15, 0.2) is 72.8 Å². The second-order valence-electron chi connectivity index (χ2n) is 7.83. The molecule has 1 fully saturated rings. The van der Waals surface area contributed by atoms with E-state index in [1.165, 1.54) is 4.90 Å². The average molecular weight is 512 g/mol. The maximum atomic E-state index is 13.7. The van der Waals surface area contributed by atoms with Gasteiger partial charge in [-0.05, 0) is 57.0 Å². The molecule has 3 aromatic rings. The number of anilines is 1. The smallest absolute Gasteiger partial charge is 0.240 e. The first-order chi connectivity index (χ1) is 14.0. The third-order valence-corrected chi connectivity index (χ3v) is 8.16. The lowest BCUT2D eigenvalue weighted by atomic mass is 9.54. The fourth-order valence-corrected chi connectivity index (χ4v) is 6.75. The predicted octanol–water partition coefficient (Wildman–Crippen LogP) is 5.04. The lowest BCUT2D eigenvalue weighted by Crippen LogP contribution is -2.50. The van der Waals surface area contributed by atoms with Gasteiger partial charge in [0, 0.05) is 9.49 Å². The van der Waals surface area contributed by atoms with E-state index in [0.29, 0.717) is 5.69 Å². The van der Waals surface area contributed by atoms with Gasteiger partial charge in [-0.25, -0.2) is 4.90 Å². The van der Waals surface area contributed by atoms with E-state index in [9.17, 15) is 9.59 Å². The number of imide groups is 1. The molecule has 4 aliphatic rings. The summed E-state index contributed by atoms with van der Waals surface area (Å²) in [6, 6.07) is 23.5. The summed E-state index contributed by atoms with van der Waals surface area (Å²) in [6.45, 7) is 0. The standard InChI is InChI=1S/C24H15ClINO2/c25-24-15-9-3-1-7-13(15)19(14-8-2-4-10-16(14)24)20-21(24)23(29)27(22(20)28)18-12-6-5-11-17(18)26/h1-12,19-21H/t19?,20-,21+,24?/m1/s1. The van der Waals surface area contributed by atoms with Crippen LogP contribution in [-0.2, 0) is 14.5 Å². The highest BCUT2D eigenvalue weighted by atomic mass is 127. The van der Waals surface area contributed by atoms with Gasteiger partial charge in [0.15, 0.2) is 0 Å². The lowest BCUT2D eigenvalue weighted by Gasteiger charge is -2.50. The molecular formula is C24H15ClINO2. The van der Waals surface area contributed by atoms with Gasteiger partial charge in [0.2, 0.25) is 11.8 Å². The average Bonchev–Trinajstić information content (AvgIpc) is 3.01. The fraction of sp³-hybridized carbons (Fsp3) is 0.167. The number of carbonyl (C=O) groups excluding carboxylic acids is 2. The Morgan fingerprint density at radius 1 is 0.793 bits per heavy atom. The molecule has 1 aliphatic heterocycles. The lowest BCUT2D eigenvalue weighted by molar-refractivity contribution is -0.122. The normalized spacial score (nSPS) is 28.9. The molecule has 2 atom stereocenters. The Morgan fingerprint density at radius 3 is 1.97 bits per heavy atom. The molecule has 7 rings (SSSR count). The van der Waals surface area contributed by atoms with Crippen molar-refractivity contribution in [1.29, 1.82) is 0 Å². The monoisotopic (exact) mass is 511 g/mol. The molecule has 29 heavy (non-hydrogen) atoms. The van der Waals surface area contributed by atoms with Crippen LogP contribution in [0.1, 0.15) is 28.2 Å². The van der Waals surface area contributed by atoms with Crippen LogP contribution < -0.4 is 4.90 Å². The topological polar surface area (TPSA) is 37.4 Å². The molecule has 0 unspecified atom stereocenters.